The molecule has 1 aromatic heterocycles. The molecule has 14 heavy (non-hydrogen) atoms. The number of para-hydroxylation sites is 1. The van der Waals surface area contributed by atoms with Gasteiger partial charge in [0.25, 0.3) is 0 Å². The summed E-state index contributed by atoms with van der Waals surface area (Å²) in [5.74, 6) is -0.249. The number of H-pyrrole nitrogens is 1. The molecule has 0 bridgehead atoms. The van der Waals surface area contributed by atoms with E-state index in [-0.39, 0.29) is 11.4 Å². The van der Waals surface area contributed by atoms with Gasteiger partial charge in [0.2, 0.25) is 0 Å². The Hall–Kier alpha value is -2.17. The van der Waals surface area contributed by atoms with Gasteiger partial charge in [0.15, 0.2) is 6.29 Å². The van der Waals surface area contributed by atoms with Crippen LogP contribution in [0.5, 0.6) is 0 Å². The molecule has 0 aliphatic heterocycles. The van der Waals surface area contributed by atoms with Crippen LogP contribution in [0.15, 0.2) is 24.3 Å². The Morgan fingerprint density at radius 3 is 2.71 bits per heavy atom. The Morgan fingerprint density at radius 1 is 1.36 bits per heavy atom. The minimum Gasteiger partial charge on any atom is -0.358 e. The number of hydrogen-bond acceptors (Lipinski definition) is 3. The molecule has 0 spiro atoms. The van der Waals surface area contributed by atoms with Crippen LogP contribution in [0.2, 0.25) is 0 Å². The lowest BCUT2D eigenvalue weighted by atomic mass is 10.2. The average molecular weight is 190 g/mol. The van der Waals surface area contributed by atoms with Crippen molar-refractivity contribution in [2.45, 2.75) is 0 Å². The Balaban J connectivity index is 2.85. The summed E-state index contributed by atoms with van der Waals surface area (Å²) in [7, 11) is 0. The van der Waals surface area contributed by atoms with Gasteiger partial charge < -0.3 is 10.1 Å². The molecule has 5 nitrogen and oxygen atoms in total. The SMILES string of the molecule is O=Cc1c([N+](=O)[O-])[nH]c2ccccc12. The molecule has 0 saturated carbocycles. The van der Waals surface area contributed by atoms with Gasteiger partial charge in [0.1, 0.15) is 11.1 Å². The number of aldehydes is 1. The molecule has 0 amide bonds. The van der Waals surface area contributed by atoms with Crippen LogP contribution < -0.4 is 0 Å². The normalized spacial score (nSPS) is 10.3. The van der Waals surface area contributed by atoms with Gasteiger partial charge in [-0.15, -0.1) is 0 Å². The lowest BCUT2D eigenvalue weighted by Gasteiger charge is -1.89. The Morgan fingerprint density at radius 2 is 2.07 bits per heavy atom. The van der Waals surface area contributed by atoms with E-state index in [0.29, 0.717) is 17.2 Å². The van der Waals surface area contributed by atoms with Gasteiger partial charge in [-0.05, 0) is 17.1 Å². The minimum atomic E-state index is -0.594. The quantitative estimate of drug-likeness (QED) is 0.446. The number of carbonyl (C=O) groups excluding carboxylic acids is 1. The number of nitrogens with zero attached hydrogens (tertiary/aromatic N) is 1. The standard InChI is InChI=1S/C9H6N2O3/c12-5-7-6-3-1-2-4-8(6)10-9(7)11(13)14/h1-5,10H. The number of carbonyl (C=O) groups is 1. The Labute approximate surface area is 78.5 Å². The van der Waals surface area contributed by atoms with Gasteiger partial charge in [-0.3, -0.25) is 4.79 Å². The van der Waals surface area contributed by atoms with Crippen LogP contribution in [-0.2, 0) is 0 Å². The first-order valence-corrected chi connectivity index (χ1v) is 3.94. The summed E-state index contributed by atoms with van der Waals surface area (Å²) in [4.78, 5) is 23.2. The average Bonchev–Trinajstić information content (AvgIpc) is 2.56. The topological polar surface area (TPSA) is 76.0 Å². The van der Waals surface area contributed by atoms with Crippen molar-refractivity contribution in [1.29, 1.82) is 0 Å². The summed E-state index contributed by atoms with van der Waals surface area (Å²) >= 11 is 0. The smallest absolute Gasteiger partial charge is 0.332 e. The van der Waals surface area contributed by atoms with E-state index in [4.69, 9.17) is 0 Å². The number of fused-ring (bicyclic) bond motifs is 1. The van der Waals surface area contributed by atoms with Crippen LogP contribution in [-0.4, -0.2) is 16.2 Å². The monoisotopic (exact) mass is 190 g/mol. The molecule has 1 heterocycles. The maximum atomic E-state index is 10.7. The van der Waals surface area contributed by atoms with Crippen molar-refractivity contribution < 1.29 is 9.72 Å². The molecule has 5 heteroatoms. The molecule has 0 unspecified atom stereocenters. The van der Waals surface area contributed by atoms with Crippen molar-refractivity contribution in [1.82, 2.24) is 4.98 Å². The molecule has 1 N–H and O–H groups in total. The molecular formula is C9H6N2O3. The fourth-order valence-corrected chi connectivity index (χ4v) is 1.41. The second kappa shape index (κ2) is 2.95. The molecule has 0 saturated heterocycles. The molecule has 0 aliphatic rings. The molecule has 0 aliphatic carbocycles. The van der Waals surface area contributed by atoms with Gasteiger partial charge in [0, 0.05) is 5.39 Å². The zero-order valence-corrected chi connectivity index (χ0v) is 7.06. The summed E-state index contributed by atoms with van der Waals surface area (Å²) in [5, 5.41) is 11.1. The van der Waals surface area contributed by atoms with E-state index in [2.05, 4.69) is 4.98 Å². The summed E-state index contributed by atoms with van der Waals surface area (Å²) in [5.41, 5.74) is 0.701. The maximum Gasteiger partial charge on any atom is 0.332 e. The van der Waals surface area contributed by atoms with Gasteiger partial charge >= 0.3 is 5.82 Å². The molecule has 0 radical (unpaired) electrons. The summed E-state index contributed by atoms with van der Waals surface area (Å²) in [6, 6.07) is 6.84. The predicted molar refractivity (Wildman–Crippen MR) is 50.3 cm³/mol. The van der Waals surface area contributed by atoms with E-state index < -0.39 is 4.92 Å². The molecule has 2 aromatic rings. The fraction of sp³-hybridized carbons (Fsp3) is 0. The maximum absolute atomic E-state index is 10.7. The molecule has 0 fully saturated rings. The Bertz CT molecular complexity index is 516. The van der Waals surface area contributed by atoms with Crippen molar-refractivity contribution in [3.8, 4) is 0 Å². The van der Waals surface area contributed by atoms with Crippen LogP contribution >= 0.6 is 0 Å². The lowest BCUT2D eigenvalue weighted by Crippen LogP contribution is -1.91. The van der Waals surface area contributed by atoms with E-state index >= 15 is 0 Å². The van der Waals surface area contributed by atoms with Crippen LogP contribution in [0.1, 0.15) is 10.4 Å². The highest BCUT2D eigenvalue weighted by Crippen LogP contribution is 2.25. The van der Waals surface area contributed by atoms with Crippen LogP contribution in [0, 0.1) is 10.1 Å². The second-order valence-corrected chi connectivity index (χ2v) is 2.81. The highest BCUT2D eigenvalue weighted by Gasteiger charge is 2.18. The van der Waals surface area contributed by atoms with Crippen LogP contribution in [0.4, 0.5) is 5.82 Å². The lowest BCUT2D eigenvalue weighted by molar-refractivity contribution is -0.389. The molecular weight excluding hydrogens is 184 g/mol. The minimum absolute atomic E-state index is 0.102. The highest BCUT2D eigenvalue weighted by atomic mass is 16.6. The molecule has 70 valence electrons. The largest absolute Gasteiger partial charge is 0.358 e. The predicted octanol–water partition coefficient (Wildman–Crippen LogP) is 1.89. The molecule has 2 rings (SSSR count). The number of nitro groups is 1. The number of aromatic nitrogens is 1. The first-order valence-electron chi connectivity index (χ1n) is 3.94. The zero-order valence-electron chi connectivity index (χ0n) is 7.06. The van der Waals surface area contributed by atoms with Crippen LogP contribution in [0.3, 0.4) is 0 Å². The van der Waals surface area contributed by atoms with Crippen molar-refractivity contribution in [2.75, 3.05) is 0 Å². The first kappa shape index (κ1) is 8.43. The van der Waals surface area contributed by atoms with E-state index in [9.17, 15) is 14.9 Å². The van der Waals surface area contributed by atoms with E-state index in [1.807, 2.05) is 0 Å². The van der Waals surface area contributed by atoms with Gasteiger partial charge in [0.05, 0.1) is 0 Å². The van der Waals surface area contributed by atoms with E-state index in [1.165, 1.54) is 0 Å². The number of hydrogen-bond donors (Lipinski definition) is 1. The summed E-state index contributed by atoms with van der Waals surface area (Å²) < 4.78 is 0. The van der Waals surface area contributed by atoms with Crippen molar-refractivity contribution in [2.24, 2.45) is 0 Å². The van der Waals surface area contributed by atoms with Gasteiger partial charge in [-0.1, -0.05) is 12.1 Å². The molecule has 0 atom stereocenters. The van der Waals surface area contributed by atoms with E-state index in [1.54, 1.807) is 24.3 Å². The Kier molecular flexibility index (Phi) is 1.78. The third kappa shape index (κ3) is 1.06. The summed E-state index contributed by atoms with van der Waals surface area (Å²) in [6.45, 7) is 0. The third-order valence-electron chi connectivity index (χ3n) is 2.03. The van der Waals surface area contributed by atoms with Crippen molar-refractivity contribution in [3.05, 3.63) is 39.9 Å². The van der Waals surface area contributed by atoms with Gasteiger partial charge in [-0.25, -0.2) is 4.98 Å². The number of aromatic amines is 1. The van der Waals surface area contributed by atoms with Gasteiger partial charge in [-0.2, -0.15) is 0 Å². The molecule has 1 aromatic carbocycles. The van der Waals surface area contributed by atoms with Crippen molar-refractivity contribution in [3.63, 3.8) is 0 Å². The number of nitrogens with one attached hydrogen (secondary N) is 1. The first-order chi connectivity index (χ1) is 6.74. The zero-order chi connectivity index (χ0) is 10.1. The van der Waals surface area contributed by atoms with E-state index in [0.717, 1.165) is 0 Å². The fourth-order valence-electron chi connectivity index (χ4n) is 1.41. The second-order valence-electron chi connectivity index (χ2n) is 2.81. The van der Waals surface area contributed by atoms with Crippen LogP contribution in [0.25, 0.3) is 10.9 Å². The number of rotatable bonds is 2. The highest BCUT2D eigenvalue weighted by molar-refractivity contribution is 6.01. The summed E-state index contributed by atoms with van der Waals surface area (Å²) in [6.07, 6.45) is 0.497. The number of benzene rings is 1. The third-order valence-corrected chi connectivity index (χ3v) is 2.03. The van der Waals surface area contributed by atoms with Crippen molar-refractivity contribution >= 4 is 23.0 Å².